The highest BCUT2D eigenvalue weighted by Gasteiger charge is 2.17. The second-order valence-electron chi connectivity index (χ2n) is 7.72. The van der Waals surface area contributed by atoms with E-state index in [0.29, 0.717) is 16.3 Å². The Balaban J connectivity index is 1.37. The van der Waals surface area contributed by atoms with Crippen LogP contribution in [0.15, 0.2) is 85.6 Å². The number of aromatic nitrogens is 4. The summed E-state index contributed by atoms with van der Waals surface area (Å²) in [5, 5.41) is 17.8. The van der Waals surface area contributed by atoms with E-state index < -0.39 is 12.0 Å². The molecular formula is C25H20ClN5O2. The number of fused-ring (bicyclic) bond motifs is 1. The number of amides is 1. The summed E-state index contributed by atoms with van der Waals surface area (Å²) >= 11 is 5.87. The Morgan fingerprint density at radius 1 is 1.03 bits per heavy atom. The Hall–Kier alpha value is -3.94. The van der Waals surface area contributed by atoms with Gasteiger partial charge in [0, 0.05) is 59.2 Å². The number of aliphatic hydroxyl groups excluding tert-OH is 1. The maximum absolute atomic E-state index is 12.5. The smallest absolute Gasteiger partial charge is 0.257 e. The topological polar surface area (TPSA) is 84.5 Å². The lowest BCUT2D eigenvalue weighted by Crippen LogP contribution is -2.20. The Kier molecular flexibility index (Phi) is 5.42. The lowest BCUT2D eigenvalue weighted by molar-refractivity contribution is -0.124. The lowest BCUT2D eigenvalue weighted by Gasteiger charge is -2.12. The van der Waals surface area contributed by atoms with Crippen molar-refractivity contribution < 1.29 is 9.90 Å². The molecule has 3 heterocycles. The molecule has 33 heavy (non-hydrogen) atoms. The maximum atomic E-state index is 12.5. The third kappa shape index (κ3) is 4.24. The molecule has 0 saturated heterocycles. The highest BCUT2D eigenvalue weighted by molar-refractivity contribution is 6.30. The average Bonchev–Trinajstić information content (AvgIpc) is 3.45. The lowest BCUT2D eigenvalue weighted by atomic mass is 10.1. The number of rotatable bonds is 5. The zero-order valence-corrected chi connectivity index (χ0v) is 18.4. The predicted molar refractivity (Wildman–Crippen MR) is 128 cm³/mol. The molecule has 164 valence electrons. The quantitative estimate of drug-likeness (QED) is 0.399. The minimum absolute atomic E-state index is 0.474. The number of aryl methyl sites for hydroxylation is 1. The van der Waals surface area contributed by atoms with Gasteiger partial charge >= 0.3 is 0 Å². The Morgan fingerprint density at radius 3 is 2.48 bits per heavy atom. The van der Waals surface area contributed by atoms with Gasteiger partial charge in [0.2, 0.25) is 0 Å². The molecule has 1 atom stereocenters. The average molecular weight is 458 g/mol. The van der Waals surface area contributed by atoms with Gasteiger partial charge < -0.3 is 14.8 Å². The summed E-state index contributed by atoms with van der Waals surface area (Å²) in [4.78, 5) is 17.0. The zero-order valence-electron chi connectivity index (χ0n) is 17.7. The molecule has 0 spiro atoms. The zero-order chi connectivity index (χ0) is 22.9. The summed E-state index contributed by atoms with van der Waals surface area (Å²) in [7, 11) is 1.89. The van der Waals surface area contributed by atoms with Gasteiger partial charge in [0.25, 0.3) is 5.91 Å². The van der Waals surface area contributed by atoms with E-state index in [4.69, 9.17) is 11.6 Å². The summed E-state index contributed by atoms with van der Waals surface area (Å²) in [6, 6.07) is 16.0. The van der Waals surface area contributed by atoms with Gasteiger partial charge in [-0.15, -0.1) is 0 Å². The van der Waals surface area contributed by atoms with Gasteiger partial charge in [0.1, 0.15) is 0 Å². The molecule has 0 saturated carbocycles. The number of hydrogen-bond acceptors (Lipinski definition) is 4. The molecule has 2 N–H and O–H groups in total. The van der Waals surface area contributed by atoms with E-state index in [1.807, 2.05) is 48.4 Å². The molecule has 8 heteroatoms. The molecule has 0 aliphatic carbocycles. The first-order valence-electron chi connectivity index (χ1n) is 10.3. The first-order valence-corrected chi connectivity index (χ1v) is 10.7. The van der Waals surface area contributed by atoms with Crippen LogP contribution >= 0.6 is 11.6 Å². The van der Waals surface area contributed by atoms with Crippen molar-refractivity contribution in [1.29, 1.82) is 0 Å². The van der Waals surface area contributed by atoms with Crippen molar-refractivity contribution >= 4 is 28.7 Å². The van der Waals surface area contributed by atoms with Gasteiger partial charge in [-0.1, -0.05) is 35.9 Å². The standard InChI is InChI=1S/C25H20ClN5O2/c1-30-14-19(13-28-30)18-12-22-23(27-10-11-31(22)15-18)16-4-8-21(9-5-16)29-25(33)24(32)17-2-6-20(26)7-3-17/h2-15,24,32H,1H3,(H,29,33)/t24-/m0/s1. The second-order valence-corrected chi connectivity index (χ2v) is 8.16. The molecule has 0 unspecified atom stereocenters. The molecule has 0 fully saturated rings. The van der Waals surface area contributed by atoms with E-state index in [1.165, 1.54) is 0 Å². The molecule has 0 aliphatic rings. The van der Waals surface area contributed by atoms with Crippen LogP contribution in [0, 0.1) is 0 Å². The van der Waals surface area contributed by atoms with Crippen LogP contribution in [0.3, 0.4) is 0 Å². The van der Waals surface area contributed by atoms with E-state index in [-0.39, 0.29) is 0 Å². The van der Waals surface area contributed by atoms with Crippen molar-refractivity contribution in [3.8, 4) is 22.4 Å². The second kappa shape index (κ2) is 8.54. The molecule has 1 amide bonds. The van der Waals surface area contributed by atoms with Crippen LogP contribution in [0.4, 0.5) is 5.69 Å². The first-order chi connectivity index (χ1) is 16.0. The van der Waals surface area contributed by atoms with Crippen molar-refractivity contribution in [2.75, 3.05) is 5.32 Å². The summed E-state index contributed by atoms with van der Waals surface area (Å²) in [5.74, 6) is -0.516. The number of nitrogens with zero attached hydrogens (tertiary/aromatic N) is 4. The molecule has 0 radical (unpaired) electrons. The Bertz CT molecular complexity index is 1440. The summed E-state index contributed by atoms with van der Waals surface area (Å²) in [6.07, 6.45) is 8.22. The summed E-state index contributed by atoms with van der Waals surface area (Å²) < 4.78 is 3.80. The van der Waals surface area contributed by atoms with Crippen molar-refractivity contribution in [2.24, 2.45) is 7.05 Å². The molecule has 3 aromatic heterocycles. The van der Waals surface area contributed by atoms with Crippen molar-refractivity contribution in [3.05, 3.63) is 96.2 Å². The van der Waals surface area contributed by atoms with Gasteiger partial charge in [-0.3, -0.25) is 14.5 Å². The fraction of sp³-hybridized carbons (Fsp3) is 0.0800. The maximum Gasteiger partial charge on any atom is 0.257 e. The summed E-state index contributed by atoms with van der Waals surface area (Å²) in [5.41, 5.74) is 5.84. The molecule has 5 aromatic rings. The Labute approximate surface area is 194 Å². The van der Waals surface area contributed by atoms with Crippen LogP contribution in [0.2, 0.25) is 5.02 Å². The number of aliphatic hydroxyl groups is 1. The molecular weight excluding hydrogens is 438 g/mol. The number of halogens is 1. The van der Waals surface area contributed by atoms with Crippen LogP contribution in [-0.2, 0) is 11.8 Å². The van der Waals surface area contributed by atoms with Gasteiger partial charge in [-0.2, -0.15) is 5.10 Å². The molecule has 5 rings (SSSR count). The Morgan fingerprint density at radius 2 is 1.79 bits per heavy atom. The number of carbonyl (C=O) groups is 1. The fourth-order valence-corrected chi connectivity index (χ4v) is 3.83. The van der Waals surface area contributed by atoms with E-state index in [9.17, 15) is 9.90 Å². The van der Waals surface area contributed by atoms with Crippen molar-refractivity contribution in [2.45, 2.75) is 6.10 Å². The van der Waals surface area contributed by atoms with Gasteiger partial charge in [0.15, 0.2) is 6.10 Å². The molecule has 2 aromatic carbocycles. The van der Waals surface area contributed by atoms with E-state index in [2.05, 4.69) is 21.5 Å². The minimum atomic E-state index is -1.29. The number of nitrogens with one attached hydrogen (secondary N) is 1. The monoisotopic (exact) mass is 457 g/mol. The normalized spacial score (nSPS) is 12.1. The first kappa shape index (κ1) is 20.9. The minimum Gasteiger partial charge on any atom is -0.378 e. The van der Waals surface area contributed by atoms with E-state index in [1.54, 1.807) is 47.3 Å². The highest BCUT2D eigenvalue weighted by Crippen LogP contribution is 2.29. The van der Waals surface area contributed by atoms with Crippen LogP contribution in [0.1, 0.15) is 11.7 Å². The third-order valence-corrected chi connectivity index (χ3v) is 5.67. The number of hydrogen-bond donors (Lipinski definition) is 2. The van der Waals surface area contributed by atoms with Crippen LogP contribution in [0.5, 0.6) is 0 Å². The van der Waals surface area contributed by atoms with Gasteiger partial charge in [0.05, 0.1) is 17.4 Å². The third-order valence-electron chi connectivity index (χ3n) is 5.42. The molecule has 0 aliphatic heterocycles. The van der Waals surface area contributed by atoms with Gasteiger partial charge in [-0.25, -0.2) is 0 Å². The SMILES string of the molecule is Cn1cc(-c2cc3c(-c4ccc(NC(=O)[C@@H](O)c5ccc(Cl)cc5)cc4)nccn3c2)cn1. The fourth-order valence-electron chi connectivity index (χ4n) is 3.71. The predicted octanol–water partition coefficient (Wildman–Crippen LogP) is 4.73. The number of benzene rings is 2. The summed E-state index contributed by atoms with van der Waals surface area (Å²) in [6.45, 7) is 0. The van der Waals surface area contributed by atoms with Crippen LogP contribution in [-0.4, -0.2) is 30.2 Å². The van der Waals surface area contributed by atoms with Crippen LogP contribution < -0.4 is 5.32 Å². The number of carbonyl (C=O) groups excluding carboxylic acids is 1. The van der Waals surface area contributed by atoms with Crippen molar-refractivity contribution in [3.63, 3.8) is 0 Å². The molecule has 7 nitrogen and oxygen atoms in total. The largest absolute Gasteiger partial charge is 0.378 e. The van der Waals surface area contributed by atoms with Crippen molar-refractivity contribution in [1.82, 2.24) is 19.2 Å². The number of anilines is 1. The van der Waals surface area contributed by atoms with E-state index >= 15 is 0 Å². The van der Waals surface area contributed by atoms with E-state index in [0.717, 1.165) is 27.9 Å². The highest BCUT2D eigenvalue weighted by atomic mass is 35.5. The molecule has 0 bridgehead atoms. The van der Waals surface area contributed by atoms with Crippen LogP contribution in [0.25, 0.3) is 27.9 Å². The van der Waals surface area contributed by atoms with Gasteiger partial charge in [-0.05, 0) is 35.9 Å².